The summed E-state index contributed by atoms with van der Waals surface area (Å²) in [5.74, 6) is 0. The molecule has 0 fully saturated rings. The lowest BCUT2D eigenvalue weighted by molar-refractivity contribution is -0.384. The first-order valence-corrected chi connectivity index (χ1v) is 8.07. The Morgan fingerprint density at radius 1 is 1.00 bits per heavy atom. The highest BCUT2D eigenvalue weighted by atomic mass is 32.2. The van der Waals surface area contributed by atoms with Crippen LogP contribution < -0.4 is 0 Å². The van der Waals surface area contributed by atoms with E-state index in [4.69, 9.17) is 0 Å². The van der Waals surface area contributed by atoms with Gasteiger partial charge in [-0.1, -0.05) is 18.2 Å². The molecule has 0 atom stereocenters. The van der Waals surface area contributed by atoms with Gasteiger partial charge in [0, 0.05) is 17.7 Å². The third kappa shape index (κ3) is 2.71. The first-order chi connectivity index (χ1) is 11.0. The first-order valence-electron chi connectivity index (χ1n) is 6.58. The second-order valence-corrected chi connectivity index (χ2v) is 6.62. The van der Waals surface area contributed by atoms with Crippen molar-refractivity contribution in [2.45, 2.75) is 9.92 Å². The van der Waals surface area contributed by atoms with Crippen LogP contribution in [0.5, 0.6) is 0 Å². The van der Waals surface area contributed by atoms with Gasteiger partial charge in [0.15, 0.2) is 5.03 Å². The predicted molar refractivity (Wildman–Crippen MR) is 82.6 cm³/mol. The number of sulfone groups is 1. The Balaban J connectivity index is 2.08. The Labute approximate surface area is 131 Å². The number of non-ortho nitro benzene ring substituents is 1. The zero-order valence-electron chi connectivity index (χ0n) is 11.7. The molecule has 0 amide bonds. The number of nitrogens with one attached hydrogen (secondary N) is 1. The van der Waals surface area contributed by atoms with Crippen LogP contribution in [0.2, 0.25) is 0 Å². The van der Waals surface area contributed by atoms with Crippen molar-refractivity contribution in [2.24, 2.45) is 0 Å². The fraction of sp³-hybridized carbons (Fsp3) is 0. The summed E-state index contributed by atoms with van der Waals surface area (Å²) in [5.41, 5.74) is 0.826. The Bertz CT molecular complexity index is 948. The lowest BCUT2D eigenvalue weighted by Crippen LogP contribution is -2.04. The Morgan fingerprint density at radius 2 is 1.65 bits per heavy atom. The molecule has 0 bridgehead atoms. The average Bonchev–Trinajstić information content (AvgIpc) is 3.06. The Morgan fingerprint density at radius 3 is 2.26 bits per heavy atom. The van der Waals surface area contributed by atoms with Gasteiger partial charge in [0.05, 0.1) is 16.0 Å². The quantitative estimate of drug-likeness (QED) is 0.585. The maximum atomic E-state index is 12.7. The topological polar surface area (TPSA) is 106 Å². The molecule has 8 heteroatoms. The molecule has 0 aliphatic rings. The molecule has 23 heavy (non-hydrogen) atoms. The van der Waals surface area contributed by atoms with Gasteiger partial charge in [-0.3, -0.25) is 15.2 Å². The molecule has 0 radical (unpaired) electrons. The second-order valence-electron chi connectivity index (χ2n) is 4.73. The van der Waals surface area contributed by atoms with E-state index >= 15 is 0 Å². The van der Waals surface area contributed by atoms with E-state index in [1.807, 2.05) is 0 Å². The highest BCUT2D eigenvalue weighted by Gasteiger charge is 2.24. The SMILES string of the molecule is O=[N+]([O-])c1ccc(-c2cn[nH]c2S(=O)(=O)c2ccccc2)cc1. The molecule has 1 N–H and O–H groups in total. The van der Waals surface area contributed by atoms with Crippen molar-refractivity contribution in [3.63, 3.8) is 0 Å². The van der Waals surface area contributed by atoms with Crippen LogP contribution in [0.4, 0.5) is 5.69 Å². The average molecular weight is 329 g/mol. The number of benzene rings is 2. The largest absolute Gasteiger partial charge is 0.269 e. The van der Waals surface area contributed by atoms with Crippen LogP contribution in [0.25, 0.3) is 11.1 Å². The van der Waals surface area contributed by atoms with E-state index in [0.717, 1.165) is 0 Å². The van der Waals surface area contributed by atoms with Gasteiger partial charge in [0.2, 0.25) is 9.84 Å². The van der Waals surface area contributed by atoms with Gasteiger partial charge in [-0.15, -0.1) is 0 Å². The number of aromatic amines is 1. The van der Waals surface area contributed by atoms with Crippen LogP contribution in [0, 0.1) is 10.1 Å². The molecule has 3 rings (SSSR count). The van der Waals surface area contributed by atoms with E-state index in [9.17, 15) is 18.5 Å². The van der Waals surface area contributed by atoms with Crippen molar-refractivity contribution in [1.29, 1.82) is 0 Å². The maximum absolute atomic E-state index is 12.7. The molecule has 3 aromatic rings. The lowest BCUT2D eigenvalue weighted by Gasteiger charge is -2.05. The van der Waals surface area contributed by atoms with Gasteiger partial charge < -0.3 is 0 Å². The van der Waals surface area contributed by atoms with Crippen molar-refractivity contribution in [2.75, 3.05) is 0 Å². The number of hydrogen-bond acceptors (Lipinski definition) is 5. The van der Waals surface area contributed by atoms with E-state index in [-0.39, 0.29) is 15.6 Å². The normalized spacial score (nSPS) is 11.3. The molecule has 0 saturated carbocycles. The third-order valence-corrected chi connectivity index (χ3v) is 5.06. The fourth-order valence-electron chi connectivity index (χ4n) is 2.16. The fourth-order valence-corrected chi connectivity index (χ4v) is 3.55. The van der Waals surface area contributed by atoms with Crippen molar-refractivity contribution >= 4 is 15.5 Å². The zero-order chi connectivity index (χ0) is 16.4. The van der Waals surface area contributed by atoms with Gasteiger partial charge >= 0.3 is 0 Å². The Kier molecular flexibility index (Phi) is 3.67. The van der Waals surface area contributed by atoms with E-state index in [1.165, 1.54) is 42.6 Å². The highest BCUT2D eigenvalue weighted by molar-refractivity contribution is 7.91. The number of rotatable bonds is 4. The summed E-state index contributed by atoms with van der Waals surface area (Å²) < 4.78 is 25.4. The number of nitro groups is 1. The summed E-state index contributed by atoms with van der Waals surface area (Å²) >= 11 is 0. The van der Waals surface area contributed by atoms with E-state index < -0.39 is 14.8 Å². The summed E-state index contributed by atoms with van der Waals surface area (Å²) in [6.45, 7) is 0. The third-order valence-electron chi connectivity index (χ3n) is 3.32. The number of aromatic nitrogens is 2. The summed E-state index contributed by atoms with van der Waals surface area (Å²) in [7, 11) is -3.75. The summed E-state index contributed by atoms with van der Waals surface area (Å²) in [4.78, 5) is 10.3. The first kappa shape index (κ1) is 14.9. The van der Waals surface area contributed by atoms with Gasteiger partial charge in [0.25, 0.3) is 5.69 Å². The molecule has 0 aliphatic heterocycles. The van der Waals surface area contributed by atoms with Crippen molar-refractivity contribution in [3.05, 3.63) is 70.9 Å². The standard InChI is InChI=1S/C15H11N3O4S/c19-18(20)12-8-6-11(7-9-12)14-10-16-17-15(14)23(21,22)13-4-2-1-3-5-13/h1-10H,(H,16,17). The van der Waals surface area contributed by atoms with Crippen LogP contribution in [0.1, 0.15) is 0 Å². The molecule has 0 saturated heterocycles. The molecule has 1 heterocycles. The van der Waals surface area contributed by atoms with Crippen molar-refractivity contribution < 1.29 is 13.3 Å². The molecule has 0 unspecified atom stereocenters. The molecule has 116 valence electrons. The van der Waals surface area contributed by atoms with Crippen molar-refractivity contribution in [1.82, 2.24) is 10.2 Å². The smallest absolute Gasteiger partial charge is 0.267 e. The number of nitro benzene ring substituents is 1. The van der Waals surface area contributed by atoms with E-state index in [0.29, 0.717) is 11.1 Å². The molecule has 0 spiro atoms. The minimum atomic E-state index is -3.75. The molecular formula is C15H11N3O4S. The van der Waals surface area contributed by atoms with Crippen LogP contribution in [-0.2, 0) is 9.84 Å². The highest BCUT2D eigenvalue weighted by Crippen LogP contribution is 2.30. The van der Waals surface area contributed by atoms with Gasteiger partial charge in [-0.05, 0) is 29.8 Å². The summed E-state index contributed by atoms with van der Waals surface area (Å²) in [5, 5.41) is 17.0. The number of hydrogen-bond donors (Lipinski definition) is 1. The number of nitrogens with zero attached hydrogens (tertiary/aromatic N) is 2. The van der Waals surface area contributed by atoms with Gasteiger partial charge in [-0.2, -0.15) is 5.10 Å². The van der Waals surface area contributed by atoms with E-state index in [2.05, 4.69) is 10.2 Å². The molecular weight excluding hydrogens is 318 g/mol. The maximum Gasteiger partial charge on any atom is 0.269 e. The zero-order valence-corrected chi connectivity index (χ0v) is 12.5. The lowest BCUT2D eigenvalue weighted by atomic mass is 10.1. The molecule has 1 aromatic heterocycles. The molecule has 2 aromatic carbocycles. The second kappa shape index (κ2) is 5.65. The summed E-state index contributed by atoms with van der Waals surface area (Å²) in [6, 6.07) is 13.6. The Hall–Kier alpha value is -3.00. The van der Waals surface area contributed by atoms with Gasteiger partial charge in [-0.25, -0.2) is 8.42 Å². The minimum absolute atomic E-state index is 0.0439. The summed E-state index contributed by atoms with van der Waals surface area (Å²) in [6.07, 6.45) is 1.39. The molecule has 0 aliphatic carbocycles. The molecule has 7 nitrogen and oxygen atoms in total. The predicted octanol–water partition coefficient (Wildman–Crippen LogP) is 2.82. The van der Waals surface area contributed by atoms with Crippen LogP contribution in [0.3, 0.4) is 0 Å². The van der Waals surface area contributed by atoms with Crippen LogP contribution in [0.15, 0.2) is 70.7 Å². The minimum Gasteiger partial charge on any atom is -0.267 e. The van der Waals surface area contributed by atoms with Gasteiger partial charge in [0.1, 0.15) is 0 Å². The van der Waals surface area contributed by atoms with Crippen LogP contribution in [-0.4, -0.2) is 23.5 Å². The van der Waals surface area contributed by atoms with E-state index in [1.54, 1.807) is 18.2 Å². The monoisotopic (exact) mass is 329 g/mol. The number of H-pyrrole nitrogens is 1. The van der Waals surface area contributed by atoms with Crippen LogP contribution >= 0.6 is 0 Å². The van der Waals surface area contributed by atoms with Crippen molar-refractivity contribution in [3.8, 4) is 11.1 Å².